The quantitative estimate of drug-likeness (QED) is 0.856. The van der Waals surface area contributed by atoms with Crippen LogP contribution < -0.4 is 0 Å². The zero-order valence-electron chi connectivity index (χ0n) is 11.2. The van der Waals surface area contributed by atoms with E-state index in [2.05, 4.69) is 17.9 Å². The van der Waals surface area contributed by atoms with Crippen LogP contribution in [-0.4, -0.2) is 35.6 Å². The summed E-state index contributed by atoms with van der Waals surface area (Å²) in [6, 6.07) is 3.74. The first-order valence-electron chi connectivity index (χ1n) is 5.85. The van der Waals surface area contributed by atoms with Crippen LogP contribution in [0.2, 0.25) is 0 Å². The van der Waals surface area contributed by atoms with Gasteiger partial charge in [0.15, 0.2) is 0 Å². The van der Waals surface area contributed by atoms with Crippen molar-refractivity contribution in [3.63, 3.8) is 0 Å². The summed E-state index contributed by atoms with van der Waals surface area (Å²) in [5, 5.41) is 17.3. The second kappa shape index (κ2) is 6.94. The Morgan fingerprint density at radius 1 is 1.63 bits per heavy atom. The average molecular weight is 276 g/mol. The van der Waals surface area contributed by atoms with Crippen LogP contribution in [0, 0.1) is 30.1 Å². The van der Waals surface area contributed by atoms with E-state index in [9.17, 15) is 4.79 Å². The SMILES string of the molecule is Cc1cc(C(=O)N(C)C(C)CC#N)sc1C#CCO. The molecule has 1 heterocycles. The predicted molar refractivity (Wildman–Crippen MR) is 74.8 cm³/mol. The molecule has 100 valence electrons. The van der Waals surface area contributed by atoms with Gasteiger partial charge in [-0.2, -0.15) is 5.26 Å². The molecule has 1 amide bonds. The number of thiophene rings is 1. The number of aliphatic hydroxyl groups excluding tert-OH is 1. The summed E-state index contributed by atoms with van der Waals surface area (Å²) in [5.74, 6) is 5.30. The molecule has 5 heteroatoms. The van der Waals surface area contributed by atoms with E-state index in [0.29, 0.717) is 11.3 Å². The minimum Gasteiger partial charge on any atom is -0.384 e. The molecule has 1 unspecified atom stereocenters. The zero-order valence-corrected chi connectivity index (χ0v) is 12.0. The van der Waals surface area contributed by atoms with Gasteiger partial charge in [-0.05, 0) is 25.5 Å². The normalized spacial score (nSPS) is 11.1. The van der Waals surface area contributed by atoms with Gasteiger partial charge in [-0.25, -0.2) is 0 Å². The van der Waals surface area contributed by atoms with Crippen LogP contribution in [0.5, 0.6) is 0 Å². The van der Waals surface area contributed by atoms with Gasteiger partial charge in [0.25, 0.3) is 5.91 Å². The summed E-state index contributed by atoms with van der Waals surface area (Å²) in [5.41, 5.74) is 0.927. The molecule has 0 bridgehead atoms. The van der Waals surface area contributed by atoms with Crippen LogP contribution in [0.15, 0.2) is 6.07 Å². The number of aryl methyl sites for hydroxylation is 1. The highest BCUT2D eigenvalue weighted by Crippen LogP contribution is 2.23. The molecule has 0 aliphatic carbocycles. The van der Waals surface area contributed by atoms with Crippen molar-refractivity contribution in [1.29, 1.82) is 5.26 Å². The van der Waals surface area contributed by atoms with Crippen molar-refractivity contribution in [1.82, 2.24) is 4.90 Å². The minimum atomic E-state index is -0.195. The van der Waals surface area contributed by atoms with Crippen LogP contribution >= 0.6 is 11.3 Å². The molecule has 1 rings (SSSR count). The molecular formula is C14H16N2O2S. The Kier molecular flexibility index (Phi) is 5.57. The van der Waals surface area contributed by atoms with Crippen molar-refractivity contribution in [3.8, 4) is 17.9 Å². The topological polar surface area (TPSA) is 64.3 Å². The van der Waals surface area contributed by atoms with E-state index in [0.717, 1.165) is 10.4 Å². The summed E-state index contributed by atoms with van der Waals surface area (Å²) in [6.45, 7) is 3.53. The Balaban J connectivity index is 2.92. The van der Waals surface area contributed by atoms with Gasteiger partial charge >= 0.3 is 0 Å². The number of carbonyl (C=O) groups is 1. The largest absolute Gasteiger partial charge is 0.384 e. The molecule has 4 nitrogen and oxygen atoms in total. The average Bonchev–Trinajstić information content (AvgIpc) is 2.76. The Morgan fingerprint density at radius 2 is 2.32 bits per heavy atom. The van der Waals surface area contributed by atoms with Gasteiger partial charge < -0.3 is 10.0 Å². The lowest BCUT2D eigenvalue weighted by Crippen LogP contribution is -2.34. The molecule has 0 aliphatic heterocycles. The molecule has 0 fully saturated rings. The Hall–Kier alpha value is -1.82. The third-order valence-electron chi connectivity index (χ3n) is 2.78. The molecule has 0 aliphatic rings. The van der Waals surface area contributed by atoms with E-state index < -0.39 is 0 Å². The third-order valence-corrected chi connectivity index (χ3v) is 3.92. The molecule has 19 heavy (non-hydrogen) atoms. The van der Waals surface area contributed by atoms with Crippen molar-refractivity contribution in [2.24, 2.45) is 0 Å². The van der Waals surface area contributed by atoms with Crippen molar-refractivity contribution in [3.05, 3.63) is 21.4 Å². The molecule has 1 N–H and O–H groups in total. The summed E-state index contributed by atoms with van der Waals surface area (Å²) in [7, 11) is 1.69. The lowest BCUT2D eigenvalue weighted by atomic mass is 10.2. The van der Waals surface area contributed by atoms with E-state index in [1.807, 2.05) is 13.8 Å². The summed E-state index contributed by atoms with van der Waals surface area (Å²) < 4.78 is 0. The van der Waals surface area contributed by atoms with E-state index in [-0.39, 0.29) is 18.6 Å². The van der Waals surface area contributed by atoms with E-state index >= 15 is 0 Å². The first-order chi connectivity index (χ1) is 9.01. The van der Waals surface area contributed by atoms with E-state index in [4.69, 9.17) is 10.4 Å². The minimum absolute atomic E-state index is 0.104. The van der Waals surface area contributed by atoms with E-state index in [1.165, 1.54) is 11.3 Å². The fraction of sp³-hybridized carbons (Fsp3) is 0.429. The highest BCUT2D eigenvalue weighted by atomic mass is 32.1. The molecule has 1 aromatic heterocycles. The predicted octanol–water partition coefficient (Wildman–Crippen LogP) is 1.77. The monoisotopic (exact) mass is 276 g/mol. The number of aliphatic hydroxyl groups is 1. The number of nitriles is 1. The Morgan fingerprint density at radius 3 is 2.89 bits per heavy atom. The maximum Gasteiger partial charge on any atom is 0.263 e. The molecule has 0 radical (unpaired) electrons. The fourth-order valence-corrected chi connectivity index (χ4v) is 2.50. The van der Waals surface area contributed by atoms with Crippen LogP contribution in [0.4, 0.5) is 0 Å². The van der Waals surface area contributed by atoms with Crippen molar-refractivity contribution < 1.29 is 9.90 Å². The highest BCUT2D eigenvalue weighted by molar-refractivity contribution is 7.14. The van der Waals surface area contributed by atoms with Gasteiger partial charge in [-0.15, -0.1) is 11.3 Å². The van der Waals surface area contributed by atoms with Gasteiger partial charge in [0.1, 0.15) is 6.61 Å². The van der Waals surface area contributed by atoms with Gasteiger partial charge in [-0.3, -0.25) is 4.79 Å². The first-order valence-corrected chi connectivity index (χ1v) is 6.67. The molecule has 0 saturated carbocycles. The highest BCUT2D eigenvalue weighted by Gasteiger charge is 2.19. The first kappa shape index (κ1) is 15.2. The number of rotatable bonds is 3. The Labute approximate surface area is 117 Å². The summed E-state index contributed by atoms with van der Waals surface area (Å²) in [6.07, 6.45) is 0.309. The lowest BCUT2D eigenvalue weighted by molar-refractivity contribution is 0.0751. The smallest absolute Gasteiger partial charge is 0.263 e. The van der Waals surface area contributed by atoms with Gasteiger partial charge in [0.05, 0.1) is 22.2 Å². The maximum atomic E-state index is 12.2. The van der Waals surface area contributed by atoms with Crippen molar-refractivity contribution in [2.45, 2.75) is 26.3 Å². The second-order valence-electron chi connectivity index (χ2n) is 4.21. The van der Waals surface area contributed by atoms with Gasteiger partial charge in [0.2, 0.25) is 0 Å². The number of carbonyl (C=O) groups excluding carboxylic acids is 1. The number of hydrogen-bond donors (Lipinski definition) is 1. The van der Waals surface area contributed by atoms with Crippen LogP contribution in [0.1, 0.15) is 33.5 Å². The van der Waals surface area contributed by atoms with Gasteiger partial charge in [0, 0.05) is 13.1 Å². The summed E-state index contributed by atoms with van der Waals surface area (Å²) >= 11 is 1.31. The van der Waals surface area contributed by atoms with Crippen molar-refractivity contribution in [2.75, 3.05) is 13.7 Å². The number of nitrogens with zero attached hydrogens (tertiary/aromatic N) is 2. The number of amides is 1. The lowest BCUT2D eigenvalue weighted by Gasteiger charge is -2.22. The van der Waals surface area contributed by atoms with Crippen LogP contribution in [0.25, 0.3) is 0 Å². The third kappa shape index (κ3) is 3.82. The molecular weight excluding hydrogens is 260 g/mol. The Bertz CT molecular complexity index is 560. The molecule has 1 aromatic rings. The fourth-order valence-electron chi connectivity index (χ4n) is 1.47. The standard InChI is InChI=1S/C14H16N2O2S/c1-10-9-13(19-12(10)5-4-8-17)14(18)16(3)11(2)6-7-15/h9,11,17H,6,8H2,1-3H3. The van der Waals surface area contributed by atoms with Crippen molar-refractivity contribution >= 4 is 17.2 Å². The zero-order chi connectivity index (χ0) is 14.4. The molecule has 1 atom stereocenters. The molecule has 0 saturated heterocycles. The maximum absolute atomic E-state index is 12.2. The molecule has 0 aromatic carbocycles. The summed E-state index contributed by atoms with van der Waals surface area (Å²) in [4.78, 5) is 15.2. The van der Waals surface area contributed by atoms with E-state index in [1.54, 1.807) is 18.0 Å². The molecule has 0 spiro atoms. The van der Waals surface area contributed by atoms with Crippen LogP contribution in [-0.2, 0) is 0 Å². The van der Waals surface area contributed by atoms with Gasteiger partial charge in [-0.1, -0.05) is 11.8 Å². The second-order valence-corrected chi connectivity index (χ2v) is 5.26. The van der Waals surface area contributed by atoms with Crippen LogP contribution in [0.3, 0.4) is 0 Å². The number of hydrogen-bond acceptors (Lipinski definition) is 4.